The maximum absolute atomic E-state index is 13.2. The van der Waals surface area contributed by atoms with Crippen molar-refractivity contribution in [3.8, 4) is 17.0 Å². The van der Waals surface area contributed by atoms with Gasteiger partial charge in [0.1, 0.15) is 11.6 Å². The fraction of sp³-hybridized carbons (Fsp3) is 0.118. The second kappa shape index (κ2) is 5.79. The average molecular weight is 282 g/mol. The fourth-order valence-corrected chi connectivity index (χ4v) is 2.30. The zero-order valence-electron chi connectivity index (χ0n) is 11.4. The molecule has 1 aromatic heterocycles. The zero-order valence-corrected chi connectivity index (χ0v) is 11.4. The van der Waals surface area contributed by atoms with Gasteiger partial charge in [0, 0.05) is 12.1 Å². The molecule has 0 spiro atoms. The standard InChI is InChI=1S/C17H15FN2O/c18-15-3-1-2-13(4-7-15)11-20-12-19-10-17(20)14-5-8-16(21)9-6-14/h1,3-10,12,21H,2,11H2. The number of aromatic hydroxyl groups is 1. The van der Waals surface area contributed by atoms with Gasteiger partial charge in [0.15, 0.2) is 0 Å². The molecule has 0 radical (unpaired) electrons. The van der Waals surface area contributed by atoms with Crippen molar-refractivity contribution in [2.45, 2.75) is 13.0 Å². The molecule has 1 aromatic carbocycles. The molecule has 4 heteroatoms. The predicted octanol–water partition coefficient (Wildman–Crippen LogP) is 4.00. The third kappa shape index (κ3) is 3.11. The number of benzene rings is 1. The zero-order chi connectivity index (χ0) is 14.7. The third-order valence-corrected chi connectivity index (χ3v) is 3.38. The molecule has 1 heterocycles. The molecule has 0 saturated carbocycles. The SMILES string of the molecule is Oc1ccc(-c2cncn2CC2=CC=C(F)C=CC2)cc1. The van der Waals surface area contributed by atoms with Crippen molar-refractivity contribution in [3.05, 3.63) is 72.5 Å². The summed E-state index contributed by atoms with van der Waals surface area (Å²) in [6.45, 7) is 0.657. The van der Waals surface area contributed by atoms with Crippen molar-refractivity contribution in [3.63, 3.8) is 0 Å². The van der Waals surface area contributed by atoms with E-state index in [-0.39, 0.29) is 11.6 Å². The number of nitrogens with zero attached hydrogens (tertiary/aromatic N) is 2. The number of hydrogen-bond donors (Lipinski definition) is 1. The van der Waals surface area contributed by atoms with Crippen molar-refractivity contribution < 1.29 is 9.50 Å². The molecule has 0 atom stereocenters. The highest BCUT2D eigenvalue weighted by Crippen LogP contribution is 2.23. The molecule has 0 amide bonds. The molecule has 1 aliphatic carbocycles. The lowest BCUT2D eigenvalue weighted by Gasteiger charge is -2.10. The van der Waals surface area contributed by atoms with E-state index in [1.807, 2.05) is 28.9 Å². The molecule has 106 valence electrons. The Morgan fingerprint density at radius 3 is 2.81 bits per heavy atom. The summed E-state index contributed by atoms with van der Waals surface area (Å²) in [7, 11) is 0. The van der Waals surface area contributed by atoms with Crippen LogP contribution in [0.15, 0.2) is 72.5 Å². The Labute approximate surface area is 122 Å². The Kier molecular flexibility index (Phi) is 3.69. The summed E-state index contributed by atoms with van der Waals surface area (Å²) in [4.78, 5) is 4.19. The Hall–Kier alpha value is -2.62. The first-order valence-corrected chi connectivity index (χ1v) is 6.74. The summed E-state index contributed by atoms with van der Waals surface area (Å²) in [5, 5.41) is 9.36. The number of halogens is 1. The van der Waals surface area contributed by atoms with E-state index in [2.05, 4.69) is 4.98 Å². The van der Waals surface area contributed by atoms with Gasteiger partial charge in [-0.3, -0.25) is 0 Å². The Morgan fingerprint density at radius 2 is 2.00 bits per heavy atom. The molecule has 3 rings (SSSR count). The highest BCUT2D eigenvalue weighted by molar-refractivity contribution is 5.60. The lowest BCUT2D eigenvalue weighted by atomic mass is 10.1. The van der Waals surface area contributed by atoms with Crippen LogP contribution < -0.4 is 0 Å². The summed E-state index contributed by atoms with van der Waals surface area (Å²) in [5.74, 6) is 0.0106. The highest BCUT2D eigenvalue weighted by atomic mass is 19.1. The van der Waals surface area contributed by atoms with Crippen LogP contribution in [-0.2, 0) is 6.54 Å². The smallest absolute Gasteiger partial charge is 0.122 e. The minimum Gasteiger partial charge on any atom is -0.508 e. The summed E-state index contributed by atoms with van der Waals surface area (Å²) < 4.78 is 15.2. The predicted molar refractivity (Wildman–Crippen MR) is 80.4 cm³/mol. The Balaban J connectivity index is 1.86. The number of phenols is 1. The summed E-state index contributed by atoms with van der Waals surface area (Å²) in [6.07, 6.45) is 10.9. The normalized spacial score (nSPS) is 14.5. The van der Waals surface area contributed by atoms with Gasteiger partial charge in [0.05, 0.1) is 18.2 Å². The Morgan fingerprint density at radius 1 is 1.19 bits per heavy atom. The first-order valence-electron chi connectivity index (χ1n) is 6.74. The molecule has 0 fully saturated rings. The number of allylic oxidation sites excluding steroid dienone is 6. The van der Waals surface area contributed by atoms with Crippen LogP contribution in [0.1, 0.15) is 6.42 Å². The number of rotatable bonds is 3. The molecule has 0 saturated heterocycles. The van der Waals surface area contributed by atoms with Crippen molar-refractivity contribution in [2.24, 2.45) is 0 Å². The maximum atomic E-state index is 13.2. The third-order valence-electron chi connectivity index (χ3n) is 3.38. The lowest BCUT2D eigenvalue weighted by Crippen LogP contribution is -2.01. The molecule has 21 heavy (non-hydrogen) atoms. The van der Waals surface area contributed by atoms with E-state index in [4.69, 9.17) is 0 Å². The lowest BCUT2D eigenvalue weighted by molar-refractivity contribution is 0.475. The topological polar surface area (TPSA) is 38.1 Å². The van der Waals surface area contributed by atoms with Crippen molar-refractivity contribution >= 4 is 0 Å². The molecule has 1 N–H and O–H groups in total. The van der Waals surface area contributed by atoms with Crippen LogP contribution in [0.5, 0.6) is 5.75 Å². The molecule has 2 aromatic rings. The largest absolute Gasteiger partial charge is 0.508 e. The van der Waals surface area contributed by atoms with Crippen LogP contribution in [0.4, 0.5) is 4.39 Å². The van der Waals surface area contributed by atoms with Gasteiger partial charge in [0.2, 0.25) is 0 Å². The van der Waals surface area contributed by atoms with Crippen LogP contribution >= 0.6 is 0 Å². The van der Waals surface area contributed by atoms with Crippen LogP contribution in [0.2, 0.25) is 0 Å². The van der Waals surface area contributed by atoms with Gasteiger partial charge in [0.25, 0.3) is 0 Å². The van der Waals surface area contributed by atoms with E-state index in [0.717, 1.165) is 23.3 Å². The van der Waals surface area contributed by atoms with Crippen molar-refractivity contribution in [1.82, 2.24) is 9.55 Å². The van der Waals surface area contributed by atoms with Gasteiger partial charge >= 0.3 is 0 Å². The molecule has 0 aliphatic heterocycles. The van der Waals surface area contributed by atoms with Crippen LogP contribution in [0, 0.1) is 0 Å². The van der Waals surface area contributed by atoms with E-state index in [0.29, 0.717) is 6.54 Å². The molecular weight excluding hydrogens is 267 g/mol. The molecular formula is C17H15FN2O. The minimum absolute atomic E-state index is 0.227. The first kappa shape index (κ1) is 13.4. The Bertz CT molecular complexity index is 724. The first-order chi connectivity index (χ1) is 10.2. The fourth-order valence-electron chi connectivity index (χ4n) is 2.30. The van der Waals surface area contributed by atoms with E-state index < -0.39 is 0 Å². The van der Waals surface area contributed by atoms with Crippen LogP contribution in [0.3, 0.4) is 0 Å². The number of aromatic nitrogens is 2. The van der Waals surface area contributed by atoms with Crippen molar-refractivity contribution in [1.29, 1.82) is 0 Å². The van der Waals surface area contributed by atoms with Crippen molar-refractivity contribution in [2.75, 3.05) is 0 Å². The van der Waals surface area contributed by atoms with Crippen LogP contribution in [0.25, 0.3) is 11.3 Å². The van der Waals surface area contributed by atoms with E-state index >= 15 is 0 Å². The van der Waals surface area contributed by atoms with E-state index in [1.54, 1.807) is 24.7 Å². The number of imidazole rings is 1. The second-order valence-corrected chi connectivity index (χ2v) is 4.94. The summed E-state index contributed by atoms with van der Waals surface area (Å²) in [6, 6.07) is 7.00. The quantitative estimate of drug-likeness (QED) is 0.924. The van der Waals surface area contributed by atoms with Gasteiger partial charge in [-0.25, -0.2) is 9.37 Å². The van der Waals surface area contributed by atoms with Gasteiger partial charge in [-0.15, -0.1) is 0 Å². The number of hydrogen-bond acceptors (Lipinski definition) is 2. The summed E-state index contributed by atoms with van der Waals surface area (Å²) in [5.41, 5.74) is 3.06. The maximum Gasteiger partial charge on any atom is 0.122 e. The molecule has 0 bridgehead atoms. The van der Waals surface area contributed by atoms with E-state index in [9.17, 15) is 9.50 Å². The second-order valence-electron chi connectivity index (χ2n) is 4.94. The highest BCUT2D eigenvalue weighted by Gasteiger charge is 2.07. The molecule has 1 aliphatic rings. The monoisotopic (exact) mass is 282 g/mol. The van der Waals surface area contributed by atoms with Gasteiger partial charge in [-0.05, 0) is 48.4 Å². The van der Waals surface area contributed by atoms with Gasteiger partial charge in [-0.1, -0.05) is 12.2 Å². The van der Waals surface area contributed by atoms with Gasteiger partial charge in [-0.2, -0.15) is 0 Å². The molecule has 3 nitrogen and oxygen atoms in total. The van der Waals surface area contributed by atoms with Crippen LogP contribution in [-0.4, -0.2) is 14.7 Å². The summed E-state index contributed by atoms with van der Waals surface area (Å²) >= 11 is 0. The van der Waals surface area contributed by atoms with E-state index in [1.165, 1.54) is 12.2 Å². The molecule has 0 unspecified atom stereocenters. The average Bonchev–Trinajstić information content (AvgIpc) is 2.83. The minimum atomic E-state index is -0.227. The van der Waals surface area contributed by atoms with Gasteiger partial charge < -0.3 is 9.67 Å². The number of phenolic OH excluding ortho intramolecular Hbond substituents is 1.